The summed E-state index contributed by atoms with van der Waals surface area (Å²) in [5.41, 5.74) is 1.89. The summed E-state index contributed by atoms with van der Waals surface area (Å²) in [5, 5.41) is 4.70. The van der Waals surface area contributed by atoms with Gasteiger partial charge in [-0.05, 0) is 31.9 Å². The fourth-order valence-electron chi connectivity index (χ4n) is 4.69. The molecule has 35 heavy (non-hydrogen) atoms. The first-order chi connectivity index (χ1) is 16.7. The van der Waals surface area contributed by atoms with Gasteiger partial charge in [-0.3, -0.25) is 4.79 Å². The lowest BCUT2D eigenvalue weighted by atomic mass is 10.0. The Morgan fingerprint density at radius 2 is 1.97 bits per heavy atom. The third-order valence-electron chi connectivity index (χ3n) is 6.76. The largest absolute Gasteiger partial charge is 0.496 e. The molecule has 1 atom stereocenters. The van der Waals surface area contributed by atoms with Crippen molar-refractivity contribution in [2.45, 2.75) is 40.2 Å². The molecular formula is C26H32FN4O3P. The van der Waals surface area contributed by atoms with Crippen LogP contribution in [0.4, 0.5) is 10.2 Å². The van der Waals surface area contributed by atoms with Gasteiger partial charge in [-0.2, -0.15) is 0 Å². The minimum absolute atomic E-state index is 0.00884. The molecule has 0 radical (unpaired) electrons. The lowest BCUT2D eigenvalue weighted by molar-refractivity contribution is -0.128. The second kappa shape index (κ2) is 9.94. The molecule has 1 saturated heterocycles. The number of nitrogens with one attached hydrogen (secondary N) is 1. The fraction of sp³-hybridized carbons (Fsp3) is 0.423. The third-order valence-corrected chi connectivity index (χ3v) is 9.84. The van der Waals surface area contributed by atoms with Crippen molar-refractivity contribution < 1.29 is 18.5 Å². The molecule has 1 aliphatic heterocycles. The molecule has 7 nitrogen and oxygen atoms in total. The van der Waals surface area contributed by atoms with Crippen LogP contribution in [0.1, 0.15) is 43.8 Å². The van der Waals surface area contributed by atoms with Gasteiger partial charge >= 0.3 is 0 Å². The van der Waals surface area contributed by atoms with Crippen LogP contribution in [0.25, 0.3) is 10.9 Å². The van der Waals surface area contributed by atoms with Crippen LogP contribution in [0.5, 0.6) is 5.75 Å². The van der Waals surface area contributed by atoms with Crippen LogP contribution in [-0.4, -0.2) is 53.3 Å². The number of benzene rings is 2. The maximum atomic E-state index is 15.0. The predicted octanol–water partition coefficient (Wildman–Crippen LogP) is 4.67. The number of methoxy groups -OCH3 is 1. The monoisotopic (exact) mass is 498 g/mol. The first kappa shape index (κ1) is 25.1. The van der Waals surface area contributed by atoms with E-state index in [1.54, 1.807) is 37.1 Å². The smallest absolute Gasteiger partial charge is 0.219 e. The fourth-order valence-corrected chi connectivity index (χ4v) is 7.44. The van der Waals surface area contributed by atoms with E-state index in [0.717, 1.165) is 0 Å². The average molecular weight is 499 g/mol. The van der Waals surface area contributed by atoms with Crippen molar-refractivity contribution in [3.63, 3.8) is 0 Å². The van der Waals surface area contributed by atoms with Crippen LogP contribution in [0, 0.1) is 12.7 Å². The molecule has 0 unspecified atom stereocenters. The molecule has 0 aliphatic carbocycles. The van der Waals surface area contributed by atoms with E-state index < -0.39 is 7.14 Å². The Morgan fingerprint density at radius 1 is 1.26 bits per heavy atom. The topological polar surface area (TPSA) is 84.4 Å². The number of carbonyl (C=O) groups is 1. The standard InChI is InChI=1S/C26H32FN4O3P/c1-6-19-8-7-9-20(25(19)27)16(2)28-26-21-14-24(23(34-5)15-22(21)29-17(3)30-26)35(33)12-10-31(11-13-35)18(4)32/h7-9,14-16H,6,10-13H2,1-5H3,(H,28,29,30)/t16-/m1/s1. The minimum Gasteiger partial charge on any atom is -0.496 e. The van der Waals surface area contributed by atoms with Crippen LogP contribution in [0.15, 0.2) is 30.3 Å². The Morgan fingerprint density at radius 3 is 2.60 bits per heavy atom. The SMILES string of the molecule is CCc1cccc([C@@H](C)Nc2nc(C)nc3cc(OC)c(P4(=O)CCN(C(C)=O)CC4)cc23)c1F. The quantitative estimate of drug-likeness (QED) is 0.497. The highest BCUT2D eigenvalue weighted by Crippen LogP contribution is 2.49. The van der Waals surface area contributed by atoms with E-state index in [2.05, 4.69) is 15.3 Å². The molecule has 1 N–H and O–H groups in total. The van der Waals surface area contributed by atoms with Crippen molar-refractivity contribution >= 4 is 35.1 Å². The Hall–Kier alpha value is -2.99. The van der Waals surface area contributed by atoms with Gasteiger partial charge < -0.3 is 19.5 Å². The Kier molecular flexibility index (Phi) is 7.13. The number of rotatable bonds is 6. The maximum Gasteiger partial charge on any atom is 0.219 e. The van der Waals surface area contributed by atoms with Gasteiger partial charge in [0.15, 0.2) is 0 Å². The van der Waals surface area contributed by atoms with E-state index >= 15 is 4.39 Å². The summed E-state index contributed by atoms with van der Waals surface area (Å²) in [5.74, 6) is 1.42. The molecule has 0 bridgehead atoms. The number of nitrogens with zero attached hydrogens (tertiary/aromatic N) is 3. The highest BCUT2D eigenvalue weighted by molar-refractivity contribution is 7.72. The second-order valence-corrected chi connectivity index (χ2v) is 12.2. The van der Waals surface area contributed by atoms with Gasteiger partial charge in [0.05, 0.1) is 24.0 Å². The van der Waals surface area contributed by atoms with E-state index in [-0.39, 0.29) is 17.8 Å². The summed E-state index contributed by atoms with van der Waals surface area (Å²) in [6, 6.07) is 8.73. The van der Waals surface area contributed by atoms with E-state index in [9.17, 15) is 9.36 Å². The van der Waals surface area contributed by atoms with Crippen LogP contribution in [0.3, 0.4) is 0 Å². The number of aryl methyl sites for hydroxylation is 2. The summed E-state index contributed by atoms with van der Waals surface area (Å²) in [6.07, 6.45) is 1.41. The van der Waals surface area contributed by atoms with Crippen molar-refractivity contribution in [2.24, 2.45) is 0 Å². The van der Waals surface area contributed by atoms with Crippen molar-refractivity contribution in [2.75, 3.05) is 37.8 Å². The number of anilines is 1. The number of aromatic nitrogens is 2. The van der Waals surface area contributed by atoms with Gasteiger partial charge in [-0.25, -0.2) is 14.4 Å². The average Bonchev–Trinajstić information content (AvgIpc) is 2.83. The molecule has 186 valence electrons. The number of hydrogen-bond donors (Lipinski definition) is 1. The zero-order chi connectivity index (χ0) is 25.3. The number of fused-ring (bicyclic) bond motifs is 1. The first-order valence-electron chi connectivity index (χ1n) is 11.9. The molecule has 1 aliphatic rings. The molecule has 2 aromatic carbocycles. The molecule has 0 spiro atoms. The van der Waals surface area contributed by atoms with Crippen molar-refractivity contribution in [3.8, 4) is 5.75 Å². The van der Waals surface area contributed by atoms with Crippen LogP contribution in [0.2, 0.25) is 0 Å². The molecule has 1 fully saturated rings. The minimum atomic E-state index is -2.81. The van der Waals surface area contributed by atoms with Gasteiger partial charge in [-0.1, -0.05) is 25.1 Å². The Balaban J connectivity index is 1.77. The zero-order valence-corrected chi connectivity index (χ0v) is 21.8. The van der Waals surface area contributed by atoms with E-state index in [1.165, 1.54) is 6.92 Å². The normalized spacial score (nSPS) is 16.2. The molecule has 3 aromatic rings. The van der Waals surface area contributed by atoms with Crippen LogP contribution >= 0.6 is 7.14 Å². The highest BCUT2D eigenvalue weighted by Gasteiger charge is 2.34. The summed E-state index contributed by atoms with van der Waals surface area (Å²) >= 11 is 0. The summed E-state index contributed by atoms with van der Waals surface area (Å²) in [4.78, 5) is 22.7. The third kappa shape index (κ3) is 4.90. The van der Waals surface area contributed by atoms with Crippen molar-refractivity contribution in [1.82, 2.24) is 14.9 Å². The van der Waals surface area contributed by atoms with Gasteiger partial charge in [0.1, 0.15) is 30.4 Å². The maximum absolute atomic E-state index is 15.0. The number of amides is 1. The molecular weight excluding hydrogens is 466 g/mol. The summed E-state index contributed by atoms with van der Waals surface area (Å²) in [7, 11) is -1.25. The van der Waals surface area contributed by atoms with E-state index in [0.29, 0.717) is 76.6 Å². The number of ether oxygens (including phenoxy) is 1. The van der Waals surface area contributed by atoms with Gasteiger partial charge in [-0.15, -0.1) is 0 Å². The molecule has 4 rings (SSSR count). The van der Waals surface area contributed by atoms with Crippen molar-refractivity contribution in [3.05, 3.63) is 53.1 Å². The molecule has 0 saturated carbocycles. The highest BCUT2D eigenvalue weighted by atomic mass is 31.2. The number of carbonyl (C=O) groups excluding carboxylic acids is 1. The van der Waals surface area contributed by atoms with Crippen molar-refractivity contribution in [1.29, 1.82) is 0 Å². The summed E-state index contributed by atoms with van der Waals surface area (Å²) in [6.45, 7) is 8.06. The second-order valence-electron chi connectivity index (χ2n) is 9.04. The summed E-state index contributed by atoms with van der Waals surface area (Å²) < 4.78 is 34.7. The van der Waals surface area contributed by atoms with Gasteiger partial charge in [0, 0.05) is 49.4 Å². The van der Waals surface area contributed by atoms with Gasteiger partial charge in [0.25, 0.3) is 0 Å². The lowest BCUT2D eigenvalue weighted by Crippen LogP contribution is -2.40. The number of halogens is 1. The lowest BCUT2D eigenvalue weighted by Gasteiger charge is -2.32. The molecule has 9 heteroatoms. The zero-order valence-electron chi connectivity index (χ0n) is 20.9. The molecule has 1 aromatic heterocycles. The predicted molar refractivity (Wildman–Crippen MR) is 138 cm³/mol. The Bertz CT molecular complexity index is 1320. The number of hydrogen-bond acceptors (Lipinski definition) is 6. The van der Waals surface area contributed by atoms with E-state index in [4.69, 9.17) is 4.74 Å². The van der Waals surface area contributed by atoms with Crippen LogP contribution in [-0.2, 0) is 15.8 Å². The van der Waals surface area contributed by atoms with Gasteiger partial charge in [0.2, 0.25) is 5.91 Å². The Labute approximate surface area is 205 Å². The molecule has 1 amide bonds. The van der Waals surface area contributed by atoms with Crippen LogP contribution < -0.4 is 15.4 Å². The first-order valence-corrected chi connectivity index (χ1v) is 14.0. The molecule has 2 heterocycles. The van der Waals surface area contributed by atoms with E-state index in [1.807, 2.05) is 26.0 Å².